The Morgan fingerprint density at radius 2 is 1.53 bits per heavy atom. The Morgan fingerprint density at radius 1 is 1.00 bits per heavy atom. The molecule has 0 aliphatic rings. The van der Waals surface area contributed by atoms with Gasteiger partial charge < -0.3 is 14.3 Å². The van der Waals surface area contributed by atoms with Crippen molar-refractivity contribution in [3.63, 3.8) is 0 Å². The van der Waals surface area contributed by atoms with Crippen molar-refractivity contribution in [2.45, 2.75) is 70.8 Å². The molecule has 0 saturated heterocycles. The summed E-state index contributed by atoms with van der Waals surface area (Å²) < 4.78 is 12.8. The fraction of sp³-hybridized carbons (Fsp3) is 1.00. The highest BCUT2D eigenvalue weighted by molar-refractivity contribution is 6.95. The van der Waals surface area contributed by atoms with Gasteiger partial charge in [0.25, 0.3) is 0 Å². The maximum Gasteiger partial charge on any atom is 0.189 e. The van der Waals surface area contributed by atoms with Crippen molar-refractivity contribution < 1.29 is 8.54 Å². The minimum atomic E-state index is -1.71. The van der Waals surface area contributed by atoms with Gasteiger partial charge in [0, 0.05) is 6.61 Å². The summed E-state index contributed by atoms with van der Waals surface area (Å²) in [4.78, 5) is 0. The first-order valence-corrected chi connectivity index (χ1v) is 16.6. The lowest BCUT2D eigenvalue weighted by Gasteiger charge is -2.43. The van der Waals surface area contributed by atoms with Crippen LogP contribution >= 0.6 is 0 Å². The number of nitrogens with two attached hydrogens (primary N) is 1. The molecular weight excluding hydrogens is 286 g/mol. The quantitative estimate of drug-likeness (QED) is 0.654. The minimum absolute atomic E-state index is 0.601. The molecule has 0 aromatic carbocycles. The third-order valence-corrected chi connectivity index (χ3v) is 19.4. The van der Waals surface area contributed by atoms with Crippen LogP contribution in [0, 0.1) is 0 Å². The van der Waals surface area contributed by atoms with Crippen LogP contribution in [-0.2, 0) is 8.54 Å². The molecule has 0 aromatic rings. The molecular formula is C13H35NO2Si3. The molecule has 1 atom stereocenters. The van der Waals surface area contributed by atoms with E-state index >= 15 is 0 Å². The first-order chi connectivity index (χ1) is 8.48. The van der Waals surface area contributed by atoms with E-state index in [9.17, 15) is 0 Å². The van der Waals surface area contributed by atoms with Gasteiger partial charge in [-0.2, -0.15) is 0 Å². The Balaban J connectivity index is 4.77. The van der Waals surface area contributed by atoms with Crippen LogP contribution in [0.4, 0.5) is 0 Å². The molecule has 1 unspecified atom stereocenters. The van der Waals surface area contributed by atoms with Gasteiger partial charge in [0.1, 0.15) is 0 Å². The Hall–Kier alpha value is 0.531. The van der Waals surface area contributed by atoms with Gasteiger partial charge in [0.15, 0.2) is 25.0 Å². The van der Waals surface area contributed by atoms with Crippen LogP contribution in [0.25, 0.3) is 0 Å². The van der Waals surface area contributed by atoms with Crippen molar-refractivity contribution in [2.75, 3.05) is 13.2 Å². The van der Waals surface area contributed by atoms with Gasteiger partial charge >= 0.3 is 0 Å². The van der Waals surface area contributed by atoms with Crippen LogP contribution in [0.3, 0.4) is 0 Å². The van der Waals surface area contributed by atoms with E-state index in [2.05, 4.69) is 53.1 Å². The molecule has 3 nitrogen and oxygen atoms in total. The van der Waals surface area contributed by atoms with Crippen molar-refractivity contribution in [3.8, 4) is 0 Å². The molecule has 2 N–H and O–H groups in total. The fourth-order valence-electron chi connectivity index (χ4n) is 2.71. The second kappa shape index (κ2) is 7.51. The summed E-state index contributed by atoms with van der Waals surface area (Å²) in [6.45, 7) is 20.1. The van der Waals surface area contributed by atoms with E-state index < -0.39 is 25.0 Å². The van der Waals surface area contributed by atoms with Crippen molar-refractivity contribution in [1.29, 1.82) is 0 Å². The summed E-state index contributed by atoms with van der Waals surface area (Å²) in [5.74, 6) is 0. The number of hydrogen-bond donors (Lipinski definition) is 1. The maximum atomic E-state index is 6.70. The average Bonchev–Trinajstić information content (AvgIpc) is 2.24. The molecule has 0 aliphatic carbocycles. The summed E-state index contributed by atoms with van der Waals surface area (Å²) in [7, 11) is -4.92. The van der Waals surface area contributed by atoms with Crippen molar-refractivity contribution in [3.05, 3.63) is 0 Å². The lowest BCUT2D eigenvalue weighted by atomic mass is 10.5. The summed E-state index contributed by atoms with van der Waals surface area (Å²) in [6.07, 6.45) is 1.09. The molecule has 0 radical (unpaired) electrons. The van der Waals surface area contributed by atoms with E-state index in [1.54, 1.807) is 0 Å². The SMILES string of the molecule is CCO[Si](C)(C)C(C)[Si](C)(C)O[Si](C)(C)CCCN. The van der Waals surface area contributed by atoms with Crippen molar-refractivity contribution in [1.82, 2.24) is 0 Å². The monoisotopic (exact) mass is 321 g/mol. The van der Waals surface area contributed by atoms with Crippen LogP contribution in [0.15, 0.2) is 0 Å². The molecule has 6 heteroatoms. The lowest BCUT2D eigenvalue weighted by molar-refractivity contribution is 0.324. The van der Waals surface area contributed by atoms with Gasteiger partial charge in [-0.3, -0.25) is 0 Å². The zero-order valence-corrected chi connectivity index (χ0v) is 17.3. The Bertz CT molecular complexity index is 271. The summed E-state index contributed by atoms with van der Waals surface area (Å²) in [5, 5.41) is 0.601. The van der Waals surface area contributed by atoms with Gasteiger partial charge in [-0.25, -0.2) is 0 Å². The van der Waals surface area contributed by atoms with Gasteiger partial charge in [0.2, 0.25) is 0 Å². The van der Waals surface area contributed by atoms with E-state index in [-0.39, 0.29) is 0 Å². The van der Waals surface area contributed by atoms with E-state index in [0.29, 0.717) is 5.16 Å². The van der Waals surface area contributed by atoms with E-state index in [1.807, 2.05) is 0 Å². The number of hydrogen-bond acceptors (Lipinski definition) is 3. The molecule has 0 fully saturated rings. The first kappa shape index (κ1) is 19.5. The molecule has 0 saturated carbocycles. The molecule has 0 spiro atoms. The van der Waals surface area contributed by atoms with Gasteiger partial charge in [-0.05, 0) is 70.4 Å². The van der Waals surface area contributed by atoms with Crippen LogP contribution in [0.2, 0.25) is 50.5 Å². The molecule has 0 aromatic heterocycles. The molecule has 0 heterocycles. The third kappa shape index (κ3) is 6.68. The van der Waals surface area contributed by atoms with Crippen molar-refractivity contribution >= 4 is 25.0 Å². The Labute approximate surface area is 123 Å². The molecule has 0 rings (SSSR count). The molecule has 116 valence electrons. The highest BCUT2D eigenvalue weighted by atomic mass is 28.5. The zero-order valence-electron chi connectivity index (χ0n) is 14.3. The predicted molar refractivity (Wildman–Crippen MR) is 93.1 cm³/mol. The predicted octanol–water partition coefficient (Wildman–Crippen LogP) is 3.93. The van der Waals surface area contributed by atoms with Crippen LogP contribution in [0.1, 0.15) is 20.3 Å². The first-order valence-electron chi connectivity index (χ1n) is 7.52. The molecule has 0 bridgehead atoms. The molecule has 0 aliphatic heterocycles. The zero-order chi connectivity index (χ0) is 15.3. The van der Waals surface area contributed by atoms with E-state index in [1.165, 1.54) is 6.04 Å². The number of rotatable bonds is 9. The van der Waals surface area contributed by atoms with Crippen LogP contribution < -0.4 is 5.73 Å². The van der Waals surface area contributed by atoms with Crippen LogP contribution in [-0.4, -0.2) is 38.1 Å². The minimum Gasteiger partial charge on any atom is -0.455 e. The summed E-state index contributed by atoms with van der Waals surface area (Å²) >= 11 is 0. The second-order valence-electron chi connectivity index (χ2n) is 7.12. The molecule has 19 heavy (non-hydrogen) atoms. The maximum absolute atomic E-state index is 6.70. The average molecular weight is 322 g/mol. The Kier molecular flexibility index (Phi) is 7.72. The molecule has 0 amide bonds. The largest absolute Gasteiger partial charge is 0.455 e. The highest BCUT2D eigenvalue weighted by Gasteiger charge is 2.45. The lowest BCUT2D eigenvalue weighted by Crippen LogP contribution is -2.54. The normalized spacial score (nSPS) is 15.6. The van der Waals surface area contributed by atoms with Crippen LogP contribution in [0.5, 0.6) is 0 Å². The smallest absolute Gasteiger partial charge is 0.189 e. The van der Waals surface area contributed by atoms with Crippen molar-refractivity contribution in [2.24, 2.45) is 5.73 Å². The van der Waals surface area contributed by atoms with E-state index in [4.69, 9.17) is 14.3 Å². The standard InChI is InChI=1S/C13H35NO2Si3/c1-9-15-18(5,6)13(2)19(7,8)16-17(3,4)12-10-11-14/h13H,9-12,14H2,1-8H3. The highest BCUT2D eigenvalue weighted by Crippen LogP contribution is 2.35. The fourth-order valence-corrected chi connectivity index (χ4v) is 19.1. The van der Waals surface area contributed by atoms with Gasteiger partial charge in [-0.1, -0.05) is 6.92 Å². The second-order valence-corrected chi connectivity index (χ2v) is 21.0. The third-order valence-electron chi connectivity index (χ3n) is 4.12. The van der Waals surface area contributed by atoms with E-state index in [0.717, 1.165) is 19.6 Å². The summed E-state index contributed by atoms with van der Waals surface area (Å²) in [6, 6.07) is 1.17. The topological polar surface area (TPSA) is 44.5 Å². The summed E-state index contributed by atoms with van der Waals surface area (Å²) in [5.41, 5.74) is 5.63. The van der Waals surface area contributed by atoms with Gasteiger partial charge in [-0.15, -0.1) is 0 Å². The van der Waals surface area contributed by atoms with Gasteiger partial charge in [0.05, 0.1) is 0 Å². The Morgan fingerprint density at radius 3 is 1.95 bits per heavy atom.